The van der Waals surface area contributed by atoms with E-state index in [4.69, 9.17) is 10.5 Å². The molecular weight excluding hydrogens is 381 g/mol. The van der Waals surface area contributed by atoms with E-state index >= 15 is 0 Å². The highest BCUT2D eigenvalue weighted by molar-refractivity contribution is 7.93. The van der Waals surface area contributed by atoms with Crippen molar-refractivity contribution in [1.82, 2.24) is 4.98 Å². The van der Waals surface area contributed by atoms with Crippen LogP contribution < -0.4 is 10.5 Å². The number of halogens is 1. The zero-order valence-corrected chi connectivity index (χ0v) is 15.2. The average Bonchev–Trinajstić information content (AvgIpc) is 2.94. The monoisotopic (exact) mass is 395 g/mol. The molecule has 0 amide bonds. The van der Waals surface area contributed by atoms with E-state index in [0.717, 1.165) is 17.4 Å². The molecule has 3 aromatic rings. The summed E-state index contributed by atoms with van der Waals surface area (Å²) in [5.74, 6) is -1.22. The molecule has 0 aliphatic rings. The highest BCUT2D eigenvalue weighted by Gasteiger charge is 2.22. The van der Waals surface area contributed by atoms with Crippen LogP contribution in [0.3, 0.4) is 0 Å². The first kappa shape index (κ1) is 18.1. The molecule has 0 unspecified atom stereocenters. The number of anilines is 2. The summed E-state index contributed by atoms with van der Waals surface area (Å²) in [6.45, 7) is 1.92. The van der Waals surface area contributed by atoms with Crippen molar-refractivity contribution in [1.29, 1.82) is 0 Å². The fraction of sp³-hybridized carbons (Fsp3) is 0.125. The number of carbonyl (C=O) groups is 1. The summed E-state index contributed by atoms with van der Waals surface area (Å²) in [7, 11) is -4.11. The molecule has 0 bridgehead atoms. The first-order valence-electron chi connectivity index (χ1n) is 7.45. The Morgan fingerprint density at radius 1 is 1.31 bits per heavy atom. The van der Waals surface area contributed by atoms with Crippen LogP contribution in [0.4, 0.5) is 15.2 Å². The molecule has 10 heteroatoms. The first-order chi connectivity index (χ1) is 12.3. The van der Waals surface area contributed by atoms with Crippen molar-refractivity contribution in [2.45, 2.75) is 11.8 Å². The number of nitrogens with one attached hydrogen (secondary N) is 1. The Morgan fingerprint density at radius 2 is 2.00 bits per heavy atom. The number of carbonyl (C=O) groups excluding carboxylic acids is 1. The van der Waals surface area contributed by atoms with Crippen LogP contribution in [0.5, 0.6) is 0 Å². The number of esters is 1. The number of hydrogen-bond acceptors (Lipinski definition) is 7. The van der Waals surface area contributed by atoms with Crippen LogP contribution in [-0.4, -0.2) is 26.0 Å². The van der Waals surface area contributed by atoms with Gasteiger partial charge in [0.2, 0.25) is 0 Å². The van der Waals surface area contributed by atoms with E-state index in [2.05, 4.69) is 9.71 Å². The van der Waals surface area contributed by atoms with Crippen molar-refractivity contribution in [3.05, 3.63) is 47.8 Å². The SMILES string of the molecule is CCOC(=O)c1ccc(NS(=O)(=O)c2cc(F)cc3sc(N)nc23)cc1. The fourth-order valence-corrected chi connectivity index (χ4v) is 4.37. The van der Waals surface area contributed by atoms with Gasteiger partial charge in [-0.15, -0.1) is 0 Å². The lowest BCUT2D eigenvalue weighted by molar-refractivity contribution is 0.0526. The highest BCUT2D eigenvalue weighted by atomic mass is 32.2. The van der Waals surface area contributed by atoms with Crippen LogP contribution >= 0.6 is 11.3 Å². The van der Waals surface area contributed by atoms with Crippen LogP contribution in [-0.2, 0) is 14.8 Å². The molecule has 0 aliphatic heterocycles. The number of nitrogens with zero attached hydrogens (tertiary/aromatic N) is 1. The van der Waals surface area contributed by atoms with Crippen LogP contribution in [0.2, 0.25) is 0 Å². The lowest BCUT2D eigenvalue weighted by atomic mass is 10.2. The van der Waals surface area contributed by atoms with Crippen LogP contribution in [0.1, 0.15) is 17.3 Å². The minimum Gasteiger partial charge on any atom is -0.462 e. The lowest BCUT2D eigenvalue weighted by Crippen LogP contribution is -2.14. The molecule has 0 radical (unpaired) electrons. The Bertz CT molecular complexity index is 1080. The number of sulfonamides is 1. The maximum Gasteiger partial charge on any atom is 0.338 e. The van der Waals surface area contributed by atoms with E-state index in [-0.39, 0.29) is 33.4 Å². The molecule has 136 valence electrons. The van der Waals surface area contributed by atoms with Gasteiger partial charge in [0, 0.05) is 5.69 Å². The summed E-state index contributed by atoms with van der Waals surface area (Å²) < 4.78 is 46.6. The van der Waals surface area contributed by atoms with Gasteiger partial charge < -0.3 is 10.5 Å². The number of fused-ring (bicyclic) bond motifs is 1. The molecule has 0 aliphatic carbocycles. The third-order valence-corrected chi connectivity index (χ3v) is 5.61. The molecule has 26 heavy (non-hydrogen) atoms. The van der Waals surface area contributed by atoms with E-state index in [1.165, 1.54) is 30.3 Å². The molecule has 0 atom stereocenters. The molecule has 1 heterocycles. The minimum atomic E-state index is -4.11. The number of ether oxygens (including phenoxy) is 1. The number of thiazole rings is 1. The number of rotatable bonds is 5. The van der Waals surface area contributed by atoms with E-state index in [9.17, 15) is 17.6 Å². The van der Waals surface area contributed by atoms with Gasteiger partial charge in [0.1, 0.15) is 16.2 Å². The standard InChI is InChI=1S/C16H14FN3O4S2/c1-2-24-15(21)9-3-5-11(6-4-9)20-26(22,23)13-8-10(17)7-12-14(13)19-16(18)25-12/h3-8,20H,2H2,1H3,(H2,18,19). The van der Waals surface area contributed by atoms with Gasteiger partial charge in [0.25, 0.3) is 10.0 Å². The van der Waals surface area contributed by atoms with Gasteiger partial charge in [0.15, 0.2) is 5.13 Å². The number of nitrogens with two attached hydrogens (primary N) is 1. The maximum absolute atomic E-state index is 13.8. The van der Waals surface area contributed by atoms with Gasteiger partial charge in [-0.2, -0.15) is 0 Å². The second-order valence-electron chi connectivity index (χ2n) is 5.21. The molecule has 1 aromatic heterocycles. The summed E-state index contributed by atoms with van der Waals surface area (Å²) in [6.07, 6.45) is 0. The number of nitrogen functional groups attached to an aromatic ring is 1. The maximum atomic E-state index is 13.8. The average molecular weight is 395 g/mol. The lowest BCUT2D eigenvalue weighted by Gasteiger charge is -2.09. The van der Waals surface area contributed by atoms with Gasteiger partial charge in [-0.3, -0.25) is 4.72 Å². The number of aromatic nitrogens is 1. The van der Waals surface area contributed by atoms with Crippen molar-refractivity contribution in [2.75, 3.05) is 17.1 Å². The Morgan fingerprint density at radius 3 is 2.65 bits per heavy atom. The number of benzene rings is 2. The molecule has 0 saturated carbocycles. The molecule has 0 saturated heterocycles. The van der Waals surface area contributed by atoms with Gasteiger partial charge in [-0.25, -0.2) is 22.6 Å². The van der Waals surface area contributed by atoms with Gasteiger partial charge in [0.05, 0.1) is 16.9 Å². The normalized spacial score (nSPS) is 11.5. The van der Waals surface area contributed by atoms with Crippen LogP contribution in [0.15, 0.2) is 41.3 Å². The van der Waals surface area contributed by atoms with Gasteiger partial charge in [-0.1, -0.05) is 11.3 Å². The molecule has 3 N–H and O–H groups in total. The Labute approximate surface area is 152 Å². The van der Waals surface area contributed by atoms with Gasteiger partial charge >= 0.3 is 5.97 Å². The molecule has 2 aromatic carbocycles. The summed E-state index contributed by atoms with van der Waals surface area (Å²) >= 11 is 0.996. The van der Waals surface area contributed by atoms with Crippen molar-refractivity contribution >= 4 is 48.4 Å². The van der Waals surface area contributed by atoms with Crippen molar-refractivity contribution in [3.8, 4) is 0 Å². The predicted molar refractivity (Wildman–Crippen MR) is 97.2 cm³/mol. The fourth-order valence-electron chi connectivity index (χ4n) is 2.29. The molecule has 0 spiro atoms. The predicted octanol–water partition coefficient (Wildman–Crippen LogP) is 3.00. The third kappa shape index (κ3) is 3.60. The summed E-state index contributed by atoms with van der Waals surface area (Å²) in [5, 5.41) is 0.140. The Kier molecular flexibility index (Phi) is 4.79. The minimum absolute atomic E-state index is 0.101. The highest BCUT2D eigenvalue weighted by Crippen LogP contribution is 2.31. The Balaban J connectivity index is 1.93. The topological polar surface area (TPSA) is 111 Å². The second kappa shape index (κ2) is 6.89. The smallest absolute Gasteiger partial charge is 0.338 e. The quantitative estimate of drug-likeness (QED) is 0.643. The van der Waals surface area contributed by atoms with Gasteiger partial charge in [-0.05, 0) is 43.3 Å². The molecule has 3 rings (SSSR count). The van der Waals surface area contributed by atoms with Crippen LogP contribution in [0.25, 0.3) is 10.2 Å². The van der Waals surface area contributed by atoms with Crippen molar-refractivity contribution in [2.24, 2.45) is 0 Å². The number of hydrogen-bond donors (Lipinski definition) is 2. The first-order valence-corrected chi connectivity index (χ1v) is 9.75. The molecule has 0 fully saturated rings. The Hall–Kier alpha value is -2.72. The van der Waals surface area contributed by atoms with E-state index in [1.54, 1.807) is 6.92 Å². The summed E-state index contributed by atoms with van der Waals surface area (Å²) in [6, 6.07) is 7.74. The van der Waals surface area contributed by atoms with E-state index < -0.39 is 21.8 Å². The van der Waals surface area contributed by atoms with Crippen LogP contribution in [0, 0.1) is 5.82 Å². The van der Waals surface area contributed by atoms with Crippen molar-refractivity contribution < 1.29 is 22.3 Å². The zero-order valence-electron chi connectivity index (χ0n) is 13.5. The molecule has 7 nitrogen and oxygen atoms in total. The van der Waals surface area contributed by atoms with Crippen molar-refractivity contribution in [3.63, 3.8) is 0 Å². The zero-order chi connectivity index (χ0) is 18.9. The summed E-state index contributed by atoms with van der Waals surface area (Å²) in [5.41, 5.74) is 6.20. The molecular formula is C16H14FN3O4S2. The van der Waals surface area contributed by atoms with E-state index in [0.29, 0.717) is 4.70 Å². The van der Waals surface area contributed by atoms with E-state index in [1.807, 2.05) is 0 Å². The largest absolute Gasteiger partial charge is 0.462 e. The second-order valence-corrected chi connectivity index (χ2v) is 7.92. The third-order valence-electron chi connectivity index (χ3n) is 3.38. The summed E-state index contributed by atoms with van der Waals surface area (Å²) in [4.78, 5) is 15.3.